The van der Waals surface area contributed by atoms with Crippen molar-refractivity contribution in [3.63, 3.8) is 0 Å². The Morgan fingerprint density at radius 1 is 1.36 bits per heavy atom. The number of aryl methyl sites for hydroxylation is 1. The van der Waals surface area contributed by atoms with Gasteiger partial charge in [-0.1, -0.05) is 23.8 Å². The molecule has 4 aliphatic rings. The Labute approximate surface area is 148 Å². The number of aliphatic hydroxyl groups is 1. The number of methoxy groups -OCH3 is 1. The summed E-state index contributed by atoms with van der Waals surface area (Å²) in [6.45, 7) is 3.50. The normalized spacial score (nSPS) is 34.6. The van der Waals surface area contributed by atoms with Crippen LogP contribution in [0.3, 0.4) is 0 Å². The molecule has 1 aromatic carbocycles. The van der Waals surface area contributed by atoms with E-state index in [1.54, 1.807) is 7.11 Å². The number of piperidine rings is 3. The average Bonchev–Trinajstić information content (AvgIpc) is 2.94. The molecule has 5 heterocycles. The second-order valence-electron chi connectivity index (χ2n) is 7.79. The van der Waals surface area contributed by atoms with Crippen molar-refractivity contribution in [1.82, 2.24) is 9.47 Å². The summed E-state index contributed by atoms with van der Waals surface area (Å²) in [6, 6.07) is 7.31. The van der Waals surface area contributed by atoms with Gasteiger partial charge in [-0.15, -0.1) is 0 Å². The fourth-order valence-corrected chi connectivity index (χ4v) is 5.96. The molecule has 1 N–H and O–H groups in total. The second-order valence-corrected chi connectivity index (χ2v) is 7.79. The van der Waals surface area contributed by atoms with Crippen LogP contribution in [-0.2, 0) is 13.5 Å². The van der Waals surface area contributed by atoms with Gasteiger partial charge in [-0.3, -0.25) is 4.90 Å². The summed E-state index contributed by atoms with van der Waals surface area (Å²) in [5, 5.41) is 11.4. The average molecular weight is 338 g/mol. The van der Waals surface area contributed by atoms with E-state index in [-0.39, 0.29) is 0 Å². The number of hydrogen-bond acceptors (Lipinski definition) is 3. The summed E-state index contributed by atoms with van der Waals surface area (Å²) >= 11 is 0. The lowest BCUT2D eigenvalue weighted by molar-refractivity contribution is -0.0513. The van der Waals surface area contributed by atoms with E-state index in [0.29, 0.717) is 30.5 Å². The molecular weight excluding hydrogens is 312 g/mol. The van der Waals surface area contributed by atoms with Crippen LogP contribution in [0.15, 0.2) is 29.8 Å². The molecule has 25 heavy (non-hydrogen) atoms. The van der Waals surface area contributed by atoms with Gasteiger partial charge in [0, 0.05) is 43.2 Å². The lowest BCUT2D eigenvalue weighted by atomic mass is 9.64. The quantitative estimate of drug-likeness (QED) is 0.855. The molecule has 4 heteroatoms. The third kappa shape index (κ3) is 1.84. The van der Waals surface area contributed by atoms with Gasteiger partial charge in [-0.2, -0.15) is 0 Å². The number of aromatic nitrogens is 1. The lowest BCUT2D eigenvalue weighted by Crippen LogP contribution is -2.61. The molecule has 0 aliphatic carbocycles. The maximum absolute atomic E-state index is 10.1. The minimum Gasteiger partial charge on any atom is -0.495 e. The zero-order chi connectivity index (χ0) is 17.3. The minimum atomic E-state index is 0.291. The molecule has 0 spiro atoms. The molecule has 4 bridgehead atoms. The zero-order valence-electron chi connectivity index (χ0n) is 15.2. The highest BCUT2D eigenvalue weighted by molar-refractivity contribution is 5.91. The van der Waals surface area contributed by atoms with Gasteiger partial charge in [0.15, 0.2) is 0 Å². The van der Waals surface area contributed by atoms with Crippen LogP contribution < -0.4 is 4.74 Å². The van der Waals surface area contributed by atoms with Gasteiger partial charge in [0.2, 0.25) is 0 Å². The highest BCUT2D eigenvalue weighted by Crippen LogP contribution is 2.55. The van der Waals surface area contributed by atoms with E-state index < -0.39 is 0 Å². The third-order valence-electron chi connectivity index (χ3n) is 7.02. The van der Waals surface area contributed by atoms with E-state index in [2.05, 4.69) is 47.7 Å². The Morgan fingerprint density at radius 3 is 2.92 bits per heavy atom. The fourth-order valence-electron chi connectivity index (χ4n) is 5.96. The van der Waals surface area contributed by atoms with Crippen molar-refractivity contribution in [1.29, 1.82) is 0 Å². The van der Waals surface area contributed by atoms with Crippen LogP contribution in [0.5, 0.6) is 5.75 Å². The van der Waals surface area contributed by atoms with Crippen molar-refractivity contribution in [2.75, 3.05) is 20.3 Å². The number of rotatable bonds is 2. The van der Waals surface area contributed by atoms with Crippen molar-refractivity contribution < 1.29 is 9.84 Å². The maximum atomic E-state index is 10.1. The van der Waals surface area contributed by atoms with Crippen LogP contribution in [0.1, 0.15) is 30.6 Å². The van der Waals surface area contributed by atoms with E-state index >= 15 is 0 Å². The first-order valence-electron chi connectivity index (χ1n) is 9.35. The highest BCUT2D eigenvalue weighted by atomic mass is 16.5. The first-order valence-corrected chi connectivity index (χ1v) is 9.35. The van der Waals surface area contributed by atoms with Crippen LogP contribution >= 0.6 is 0 Å². The molecule has 5 atom stereocenters. The van der Waals surface area contributed by atoms with E-state index in [1.165, 1.54) is 27.7 Å². The summed E-state index contributed by atoms with van der Waals surface area (Å²) in [5.74, 6) is 1.85. The first kappa shape index (κ1) is 15.5. The molecule has 4 nitrogen and oxygen atoms in total. The Bertz CT molecular complexity index is 882. The third-order valence-corrected chi connectivity index (χ3v) is 7.02. The van der Waals surface area contributed by atoms with Crippen molar-refractivity contribution in [2.24, 2.45) is 18.9 Å². The molecule has 3 fully saturated rings. The molecule has 0 saturated carbocycles. The van der Waals surface area contributed by atoms with Crippen LogP contribution in [0.2, 0.25) is 0 Å². The second kappa shape index (κ2) is 5.36. The summed E-state index contributed by atoms with van der Waals surface area (Å²) in [6.07, 6.45) is 4.44. The number of hydrogen-bond donors (Lipinski definition) is 1. The SMILES string of the molecule is C/C=C1/CN2C3CC1C(CO)C2Cc1c3n(C)c2c(OC)cccc12. The fraction of sp³-hybridized carbons (Fsp3) is 0.524. The molecule has 132 valence electrons. The lowest BCUT2D eigenvalue weighted by Gasteiger charge is -2.58. The van der Waals surface area contributed by atoms with E-state index in [4.69, 9.17) is 4.74 Å². The van der Waals surface area contributed by atoms with E-state index in [1.807, 2.05) is 0 Å². The molecule has 1 aromatic heterocycles. The van der Waals surface area contributed by atoms with Gasteiger partial charge >= 0.3 is 0 Å². The number of allylic oxidation sites excluding steroid dienone is 1. The molecule has 0 radical (unpaired) electrons. The number of benzene rings is 1. The largest absolute Gasteiger partial charge is 0.495 e. The van der Waals surface area contributed by atoms with Crippen molar-refractivity contribution >= 4 is 10.9 Å². The molecule has 3 saturated heterocycles. The van der Waals surface area contributed by atoms with Crippen molar-refractivity contribution in [2.45, 2.75) is 31.8 Å². The first-order chi connectivity index (χ1) is 12.2. The van der Waals surface area contributed by atoms with Gasteiger partial charge in [0.25, 0.3) is 0 Å². The maximum Gasteiger partial charge on any atom is 0.143 e. The molecule has 6 rings (SSSR count). The van der Waals surface area contributed by atoms with Gasteiger partial charge in [0.1, 0.15) is 5.75 Å². The number of nitrogens with zero attached hydrogens (tertiary/aromatic N) is 2. The smallest absolute Gasteiger partial charge is 0.143 e. The molecule has 5 unspecified atom stereocenters. The van der Waals surface area contributed by atoms with Crippen molar-refractivity contribution in [3.05, 3.63) is 41.1 Å². The highest BCUT2D eigenvalue weighted by Gasteiger charge is 2.53. The Balaban J connectivity index is 1.73. The van der Waals surface area contributed by atoms with Gasteiger partial charge < -0.3 is 14.4 Å². The zero-order valence-corrected chi connectivity index (χ0v) is 15.2. The standard InChI is InChI=1S/C21H26N2O2/c1-4-12-10-23-17-9-15-13-6-5-7-19(25-3)21(13)22(2)20(15)18(23)8-14(12)16(17)11-24/h4-7,14,16-18,24H,8-11H2,1-3H3/b12-4-. The number of fused-ring (bicyclic) bond motifs is 4. The predicted molar refractivity (Wildman–Crippen MR) is 98.8 cm³/mol. The van der Waals surface area contributed by atoms with Crippen LogP contribution in [-0.4, -0.2) is 40.9 Å². The minimum absolute atomic E-state index is 0.291. The Morgan fingerprint density at radius 2 is 2.20 bits per heavy atom. The monoisotopic (exact) mass is 338 g/mol. The summed E-state index contributed by atoms with van der Waals surface area (Å²) in [7, 11) is 3.94. The van der Waals surface area contributed by atoms with Gasteiger partial charge in [0.05, 0.1) is 18.7 Å². The number of para-hydroxylation sites is 1. The molecule has 2 aromatic rings. The van der Waals surface area contributed by atoms with E-state index in [9.17, 15) is 5.11 Å². The predicted octanol–water partition coefficient (Wildman–Crippen LogP) is 3.04. The Kier molecular flexibility index (Phi) is 3.32. The molecule has 0 amide bonds. The summed E-state index contributed by atoms with van der Waals surface area (Å²) in [4.78, 5) is 2.66. The topological polar surface area (TPSA) is 37.6 Å². The summed E-state index contributed by atoms with van der Waals surface area (Å²) in [5.41, 5.74) is 5.67. The van der Waals surface area contributed by atoms with Crippen LogP contribution in [0.4, 0.5) is 0 Å². The van der Waals surface area contributed by atoms with E-state index in [0.717, 1.165) is 25.1 Å². The van der Waals surface area contributed by atoms with Gasteiger partial charge in [-0.05, 0) is 37.3 Å². The molecular formula is C21H26N2O2. The van der Waals surface area contributed by atoms with Crippen LogP contribution in [0, 0.1) is 11.8 Å². The summed E-state index contributed by atoms with van der Waals surface area (Å²) < 4.78 is 8.02. The van der Waals surface area contributed by atoms with Crippen LogP contribution in [0.25, 0.3) is 10.9 Å². The number of aliphatic hydroxyl groups excluding tert-OH is 1. The van der Waals surface area contributed by atoms with Gasteiger partial charge in [-0.25, -0.2) is 0 Å². The van der Waals surface area contributed by atoms with Crippen molar-refractivity contribution in [3.8, 4) is 5.75 Å². The Hall–Kier alpha value is -1.78. The molecule has 4 aliphatic heterocycles. The number of ether oxygens (including phenoxy) is 1.